The zero-order chi connectivity index (χ0) is 14.7. The Hall–Kier alpha value is -0.320. The zero-order valence-corrected chi connectivity index (χ0v) is 13.7. The van der Waals surface area contributed by atoms with Gasteiger partial charge in [-0.3, -0.25) is 4.90 Å². The van der Waals surface area contributed by atoms with Crippen LogP contribution < -0.4 is 5.73 Å². The summed E-state index contributed by atoms with van der Waals surface area (Å²) in [6.07, 6.45) is 2.45. The van der Waals surface area contributed by atoms with Crippen LogP contribution in [-0.2, 0) is 0 Å². The standard InChI is InChI=1S/C15H23Cl2N3/c1-19(2)10-14-4-3-5-20(14)15(9-18)11-6-12(16)8-13(17)7-11/h6-8,14-15H,3-5,9-10,18H2,1-2H3. The van der Waals surface area contributed by atoms with E-state index in [1.165, 1.54) is 12.8 Å². The van der Waals surface area contributed by atoms with Crippen LogP contribution in [-0.4, -0.2) is 49.6 Å². The number of benzene rings is 1. The Morgan fingerprint density at radius 2 is 1.95 bits per heavy atom. The van der Waals surface area contributed by atoms with Gasteiger partial charge in [0.05, 0.1) is 0 Å². The highest BCUT2D eigenvalue weighted by atomic mass is 35.5. The molecule has 2 rings (SSSR count). The van der Waals surface area contributed by atoms with Crippen LogP contribution in [0.1, 0.15) is 24.4 Å². The maximum atomic E-state index is 6.13. The molecular formula is C15H23Cl2N3. The Morgan fingerprint density at radius 3 is 2.50 bits per heavy atom. The zero-order valence-electron chi connectivity index (χ0n) is 12.1. The SMILES string of the molecule is CN(C)CC1CCCN1C(CN)c1cc(Cl)cc(Cl)c1. The third-order valence-electron chi connectivity index (χ3n) is 3.89. The largest absolute Gasteiger partial charge is 0.329 e. The van der Waals surface area contributed by atoms with Gasteiger partial charge in [0.1, 0.15) is 0 Å². The van der Waals surface area contributed by atoms with Gasteiger partial charge in [-0.05, 0) is 57.2 Å². The van der Waals surface area contributed by atoms with Crippen LogP contribution in [0.4, 0.5) is 0 Å². The smallest absolute Gasteiger partial charge is 0.0474 e. The van der Waals surface area contributed by atoms with Gasteiger partial charge < -0.3 is 10.6 Å². The summed E-state index contributed by atoms with van der Waals surface area (Å²) in [7, 11) is 4.23. The molecule has 0 aromatic heterocycles. The summed E-state index contributed by atoms with van der Waals surface area (Å²) in [6.45, 7) is 2.73. The summed E-state index contributed by atoms with van der Waals surface area (Å²) in [5.41, 5.74) is 7.16. The van der Waals surface area contributed by atoms with Crippen molar-refractivity contribution in [1.82, 2.24) is 9.80 Å². The van der Waals surface area contributed by atoms with Gasteiger partial charge in [-0.1, -0.05) is 23.2 Å². The molecular weight excluding hydrogens is 293 g/mol. The lowest BCUT2D eigenvalue weighted by Crippen LogP contribution is -2.42. The predicted octanol–water partition coefficient (Wildman–Crippen LogP) is 3.02. The van der Waals surface area contributed by atoms with E-state index in [0.717, 1.165) is 18.7 Å². The highest BCUT2D eigenvalue weighted by molar-refractivity contribution is 6.34. The predicted molar refractivity (Wildman–Crippen MR) is 86.5 cm³/mol. The molecule has 20 heavy (non-hydrogen) atoms. The maximum absolute atomic E-state index is 6.13. The van der Waals surface area contributed by atoms with Crippen LogP contribution in [0.25, 0.3) is 0 Å². The van der Waals surface area contributed by atoms with E-state index in [1.807, 2.05) is 12.1 Å². The third-order valence-corrected chi connectivity index (χ3v) is 4.33. The topological polar surface area (TPSA) is 32.5 Å². The van der Waals surface area contributed by atoms with Crippen molar-refractivity contribution in [3.05, 3.63) is 33.8 Å². The molecule has 1 aliphatic heterocycles. The lowest BCUT2D eigenvalue weighted by Gasteiger charge is -2.34. The van der Waals surface area contributed by atoms with Gasteiger partial charge in [-0.15, -0.1) is 0 Å². The molecule has 1 saturated heterocycles. The first-order valence-electron chi connectivity index (χ1n) is 7.07. The molecule has 2 atom stereocenters. The second-order valence-electron chi connectivity index (χ2n) is 5.75. The Bertz CT molecular complexity index is 430. The van der Waals surface area contributed by atoms with Crippen molar-refractivity contribution in [2.75, 3.05) is 33.7 Å². The fourth-order valence-corrected chi connectivity index (χ4v) is 3.66. The summed E-state index contributed by atoms with van der Waals surface area (Å²) in [5, 5.41) is 1.35. The summed E-state index contributed by atoms with van der Waals surface area (Å²) < 4.78 is 0. The van der Waals surface area contributed by atoms with Crippen LogP contribution in [0, 0.1) is 0 Å². The number of halogens is 2. The van der Waals surface area contributed by atoms with Crippen LogP contribution in [0.2, 0.25) is 10.0 Å². The Labute approximate surface area is 131 Å². The molecule has 2 unspecified atom stereocenters. The van der Waals surface area contributed by atoms with Crippen LogP contribution in [0.15, 0.2) is 18.2 Å². The van der Waals surface area contributed by atoms with Crippen molar-refractivity contribution in [2.45, 2.75) is 24.9 Å². The number of likely N-dealkylation sites (N-methyl/N-ethyl adjacent to an activating group) is 1. The van der Waals surface area contributed by atoms with Gasteiger partial charge in [0, 0.05) is 35.2 Å². The van der Waals surface area contributed by atoms with E-state index in [9.17, 15) is 0 Å². The number of hydrogen-bond acceptors (Lipinski definition) is 3. The molecule has 5 heteroatoms. The van der Waals surface area contributed by atoms with Crippen molar-refractivity contribution in [3.8, 4) is 0 Å². The Morgan fingerprint density at radius 1 is 1.30 bits per heavy atom. The van der Waals surface area contributed by atoms with Crippen LogP contribution in [0.3, 0.4) is 0 Å². The second kappa shape index (κ2) is 7.10. The quantitative estimate of drug-likeness (QED) is 0.906. The molecule has 1 aromatic carbocycles. The van der Waals surface area contributed by atoms with Gasteiger partial charge in [-0.25, -0.2) is 0 Å². The number of rotatable bonds is 5. The molecule has 0 bridgehead atoms. The first-order chi connectivity index (χ1) is 9.51. The van der Waals surface area contributed by atoms with Crippen molar-refractivity contribution >= 4 is 23.2 Å². The van der Waals surface area contributed by atoms with Gasteiger partial charge in [0.15, 0.2) is 0 Å². The second-order valence-corrected chi connectivity index (χ2v) is 6.62. The normalized spacial score (nSPS) is 21.6. The van der Waals surface area contributed by atoms with Crippen LogP contribution in [0.5, 0.6) is 0 Å². The number of hydrogen-bond donors (Lipinski definition) is 1. The maximum Gasteiger partial charge on any atom is 0.0474 e. The van der Waals surface area contributed by atoms with E-state index in [2.05, 4.69) is 23.9 Å². The highest BCUT2D eigenvalue weighted by Gasteiger charge is 2.31. The summed E-state index contributed by atoms with van der Waals surface area (Å²) >= 11 is 12.3. The average Bonchev–Trinajstić information content (AvgIpc) is 2.76. The van der Waals surface area contributed by atoms with E-state index in [1.54, 1.807) is 6.07 Å². The fraction of sp³-hybridized carbons (Fsp3) is 0.600. The lowest BCUT2D eigenvalue weighted by molar-refractivity contribution is 0.156. The molecule has 0 spiro atoms. The molecule has 0 amide bonds. The molecule has 112 valence electrons. The fourth-order valence-electron chi connectivity index (χ4n) is 3.12. The molecule has 3 nitrogen and oxygen atoms in total. The van der Waals surface area contributed by atoms with Crippen molar-refractivity contribution in [3.63, 3.8) is 0 Å². The van der Waals surface area contributed by atoms with Gasteiger partial charge in [0.2, 0.25) is 0 Å². The van der Waals surface area contributed by atoms with E-state index in [0.29, 0.717) is 22.6 Å². The first kappa shape index (κ1) is 16.1. The van der Waals surface area contributed by atoms with E-state index in [4.69, 9.17) is 28.9 Å². The molecule has 1 aliphatic rings. The molecule has 0 saturated carbocycles. The average molecular weight is 316 g/mol. The van der Waals surface area contributed by atoms with Gasteiger partial charge >= 0.3 is 0 Å². The summed E-state index contributed by atoms with van der Waals surface area (Å²) in [5.74, 6) is 0. The molecule has 1 aromatic rings. The minimum atomic E-state index is 0.193. The molecule has 0 aliphatic carbocycles. The van der Waals surface area contributed by atoms with Gasteiger partial charge in [-0.2, -0.15) is 0 Å². The summed E-state index contributed by atoms with van der Waals surface area (Å²) in [4.78, 5) is 4.74. The summed E-state index contributed by atoms with van der Waals surface area (Å²) in [6, 6.07) is 6.47. The lowest BCUT2D eigenvalue weighted by atomic mass is 10.0. The van der Waals surface area contributed by atoms with Gasteiger partial charge in [0.25, 0.3) is 0 Å². The minimum Gasteiger partial charge on any atom is -0.329 e. The third kappa shape index (κ3) is 3.86. The van der Waals surface area contributed by atoms with E-state index >= 15 is 0 Å². The van der Waals surface area contributed by atoms with Crippen molar-refractivity contribution < 1.29 is 0 Å². The minimum absolute atomic E-state index is 0.193. The number of likely N-dealkylation sites (tertiary alicyclic amines) is 1. The molecule has 2 N–H and O–H groups in total. The van der Waals surface area contributed by atoms with Crippen LogP contribution >= 0.6 is 23.2 Å². The van der Waals surface area contributed by atoms with Crippen molar-refractivity contribution in [2.24, 2.45) is 5.73 Å². The van der Waals surface area contributed by atoms with Crippen molar-refractivity contribution in [1.29, 1.82) is 0 Å². The highest BCUT2D eigenvalue weighted by Crippen LogP contribution is 2.32. The first-order valence-corrected chi connectivity index (χ1v) is 7.83. The number of nitrogens with zero attached hydrogens (tertiary/aromatic N) is 2. The molecule has 1 fully saturated rings. The van der Waals surface area contributed by atoms with E-state index < -0.39 is 0 Å². The monoisotopic (exact) mass is 315 g/mol. The molecule has 0 radical (unpaired) electrons. The Kier molecular flexibility index (Phi) is 5.70. The number of nitrogens with two attached hydrogens (primary N) is 1. The van der Waals surface area contributed by atoms with E-state index in [-0.39, 0.29) is 6.04 Å². The molecule has 1 heterocycles. The Balaban J connectivity index is 2.22.